The van der Waals surface area contributed by atoms with Crippen molar-refractivity contribution in [1.29, 1.82) is 0 Å². The highest BCUT2D eigenvalue weighted by atomic mass is 16.6. The van der Waals surface area contributed by atoms with Crippen LogP contribution in [0.1, 0.15) is 49.4 Å². The fourth-order valence-electron chi connectivity index (χ4n) is 1.90. The number of carbonyl (C=O) groups is 2. The van der Waals surface area contributed by atoms with E-state index in [0.29, 0.717) is 12.2 Å². The molecule has 122 valence electrons. The largest absolute Gasteiger partial charge is 0.466 e. The fourth-order valence-corrected chi connectivity index (χ4v) is 1.90. The van der Waals surface area contributed by atoms with E-state index in [9.17, 15) is 14.7 Å². The van der Waals surface area contributed by atoms with E-state index in [1.165, 1.54) is 0 Å². The Bertz CT molecular complexity index is 444. The standard InChI is InChI=1S/C17H24O5/c1-2-3-4-8-11-21-16(19)12-15(13-18)22-17(20)14-9-6-5-7-10-14/h5-7,9-10,15,18H,2-4,8,11-13H2,1H3. The minimum Gasteiger partial charge on any atom is -0.466 e. The molecule has 0 fully saturated rings. The van der Waals surface area contributed by atoms with Gasteiger partial charge in [-0.1, -0.05) is 44.4 Å². The lowest BCUT2D eigenvalue weighted by Crippen LogP contribution is -2.26. The molecule has 22 heavy (non-hydrogen) atoms. The molecular weight excluding hydrogens is 284 g/mol. The molecule has 1 rings (SSSR count). The summed E-state index contributed by atoms with van der Waals surface area (Å²) in [6, 6.07) is 8.45. The summed E-state index contributed by atoms with van der Waals surface area (Å²) in [6.07, 6.45) is 3.07. The van der Waals surface area contributed by atoms with E-state index < -0.39 is 24.6 Å². The van der Waals surface area contributed by atoms with Crippen LogP contribution in [0.5, 0.6) is 0 Å². The van der Waals surface area contributed by atoms with Gasteiger partial charge >= 0.3 is 11.9 Å². The van der Waals surface area contributed by atoms with Gasteiger partial charge in [0, 0.05) is 0 Å². The molecule has 0 aliphatic heterocycles. The van der Waals surface area contributed by atoms with Gasteiger partial charge in [0.1, 0.15) is 6.10 Å². The van der Waals surface area contributed by atoms with Gasteiger partial charge in [0.2, 0.25) is 0 Å². The Balaban J connectivity index is 2.32. The molecule has 5 heteroatoms. The van der Waals surface area contributed by atoms with E-state index in [2.05, 4.69) is 6.92 Å². The summed E-state index contributed by atoms with van der Waals surface area (Å²) in [6.45, 7) is 2.06. The summed E-state index contributed by atoms with van der Waals surface area (Å²) < 4.78 is 10.2. The maximum Gasteiger partial charge on any atom is 0.338 e. The van der Waals surface area contributed by atoms with Crippen LogP contribution in [0.25, 0.3) is 0 Å². The van der Waals surface area contributed by atoms with Crippen LogP contribution in [0, 0.1) is 0 Å². The van der Waals surface area contributed by atoms with Crippen LogP contribution in [0.4, 0.5) is 0 Å². The Labute approximate surface area is 131 Å². The topological polar surface area (TPSA) is 72.8 Å². The van der Waals surface area contributed by atoms with Gasteiger partial charge in [0.05, 0.1) is 25.2 Å². The van der Waals surface area contributed by atoms with Gasteiger partial charge in [-0.2, -0.15) is 0 Å². The molecule has 0 heterocycles. The number of esters is 2. The first-order chi connectivity index (χ1) is 10.7. The van der Waals surface area contributed by atoms with E-state index in [4.69, 9.17) is 9.47 Å². The third-order valence-corrected chi connectivity index (χ3v) is 3.14. The Kier molecular flexibility index (Phi) is 8.91. The monoisotopic (exact) mass is 308 g/mol. The highest BCUT2D eigenvalue weighted by molar-refractivity contribution is 5.89. The second kappa shape index (κ2) is 10.8. The molecule has 0 aromatic heterocycles. The molecule has 0 spiro atoms. The first kappa shape index (κ1) is 18.2. The predicted molar refractivity (Wildman–Crippen MR) is 82.4 cm³/mol. The van der Waals surface area contributed by atoms with Crippen LogP contribution >= 0.6 is 0 Å². The molecule has 0 aliphatic rings. The van der Waals surface area contributed by atoms with Crippen molar-refractivity contribution in [2.24, 2.45) is 0 Å². The fraction of sp³-hybridized carbons (Fsp3) is 0.529. The summed E-state index contributed by atoms with van der Waals surface area (Å²) in [5, 5.41) is 9.23. The zero-order chi connectivity index (χ0) is 16.2. The third kappa shape index (κ3) is 7.22. The van der Waals surface area contributed by atoms with Crippen LogP contribution < -0.4 is 0 Å². The maximum atomic E-state index is 11.8. The molecule has 0 radical (unpaired) electrons. The van der Waals surface area contributed by atoms with Crippen LogP contribution in [-0.4, -0.2) is 36.4 Å². The number of aliphatic hydroxyl groups is 1. The van der Waals surface area contributed by atoms with Crippen molar-refractivity contribution in [3.63, 3.8) is 0 Å². The van der Waals surface area contributed by atoms with E-state index in [0.717, 1.165) is 25.7 Å². The third-order valence-electron chi connectivity index (χ3n) is 3.14. The van der Waals surface area contributed by atoms with E-state index in [1.807, 2.05) is 0 Å². The van der Waals surface area contributed by atoms with Crippen LogP contribution in [0.3, 0.4) is 0 Å². The molecule has 0 saturated carbocycles. The van der Waals surface area contributed by atoms with Gasteiger partial charge in [-0.3, -0.25) is 4.79 Å². The SMILES string of the molecule is CCCCCCOC(=O)CC(CO)OC(=O)c1ccccc1. The zero-order valence-electron chi connectivity index (χ0n) is 13.0. The van der Waals surface area contributed by atoms with E-state index in [-0.39, 0.29) is 6.42 Å². The predicted octanol–water partition coefficient (Wildman–Crippen LogP) is 2.72. The summed E-state index contributed by atoms with van der Waals surface area (Å²) >= 11 is 0. The highest BCUT2D eigenvalue weighted by Gasteiger charge is 2.19. The number of rotatable bonds is 10. The number of carbonyl (C=O) groups excluding carboxylic acids is 2. The lowest BCUT2D eigenvalue weighted by Gasteiger charge is -2.15. The molecule has 1 unspecified atom stereocenters. The number of hydrogen-bond donors (Lipinski definition) is 1. The number of ether oxygens (including phenoxy) is 2. The molecule has 0 bridgehead atoms. The summed E-state index contributed by atoms with van der Waals surface area (Å²) in [4.78, 5) is 23.5. The van der Waals surface area contributed by atoms with Crippen molar-refractivity contribution in [1.82, 2.24) is 0 Å². The smallest absolute Gasteiger partial charge is 0.338 e. The van der Waals surface area contributed by atoms with Crippen LogP contribution in [0.15, 0.2) is 30.3 Å². The van der Waals surface area contributed by atoms with Crippen LogP contribution in [0.2, 0.25) is 0 Å². The van der Waals surface area contributed by atoms with Gasteiger partial charge in [-0.25, -0.2) is 4.79 Å². The van der Waals surface area contributed by atoms with Crippen molar-refractivity contribution in [3.8, 4) is 0 Å². The van der Waals surface area contributed by atoms with Crippen molar-refractivity contribution in [2.45, 2.75) is 45.1 Å². The van der Waals surface area contributed by atoms with Gasteiger partial charge in [0.25, 0.3) is 0 Å². The first-order valence-corrected chi connectivity index (χ1v) is 7.69. The normalized spacial score (nSPS) is 11.7. The average Bonchev–Trinajstić information content (AvgIpc) is 2.54. The summed E-state index contributed by atoms with van der Waals surface area (Å²) in [7, 11) is 0. The molecule has 1 aromatic carbocycles. The van der Waals surface area contributed by atoms with Crippen molar-refractivity contribution in [2.75, 3.05) is 13.2 Å². The number of hydrogen-bond acceptors (Lipinski definition) is 5. The molecule has 5 nitrogen and oxygen atoms in total. The lowest BCUT2D eigenvalue weighted by atomic mass is 10.2. The first-order valence-electron chi connectivity index (χ1n) is 7.69. The summed E-state index contributed by atoms with van der Waals surface area (Å²) in [5.74, 6) is -1.02. The molecule has 1 N–H and O–H groups in total. The van der Waals surface area contributed by atoms with Crippen molar-refractivity contribution < 1.29 is 24.2 Å². The number of unbranched alkanes of at least 4 members (excludes halogenated alkanes) is 3. The van der Waals surface area contributed by atoms with Gasteiger partial charge in [-0.05, 0) is 18.6 Å². The van der Waals surface area contributed by atoms with Gasteiger partial charge in [0.15, 0.2) is 0 Å². The quantitative estimate of drug-likeness (QED) is 0.531. The molecule has 0 amide bonds. The Morgan fingerprint density at radius 2 is 1.86 bits per heavy atom. The van der Waals surface area contributed by atoms with Gasteiger partial charge < -0.3 is 14.6 Å². The molecule has 1 atom stereocenters. The van der Waals surface area contributed by atoms with Crippen molar-refractivity contribution in [3.05, 3.63) is 35.9 Å². The van der Waals surface area contributed by atoms with E-state index >= 15 is 0 Å². The Morgan fingerprint density at radius 3 is 2.50 bits per heavy atom. The van der Waals surface area contributed by atoms with E-state index in [1.54, 1.807) is 30.3 Å². The Morgan fingerprint density at radius 1 is 1.14 bits per heavy atom. The number of benzene rings is 1. The lowest BCUT2D eigenvalue weighted by molar-refractivity contribution is -0.146. The molecule has 0 aliphatic carbocycles. The minimum absolute atomic E-state index is 0.136. The molecular formula is C17H24O5. The maximum absolute atomic E-state index is 11.8. The Hall–Kier alpha value is -1.88. The zero-order valence-corrected chi connectivity index (χ0v) is 13.0. The highest BCUT2D eigenvalue weighted by Crippen LogP contribution is 2.07. The molecule has 0 saturated heterocycles. The molecule has 1 aromatic rings. The second-order valence-electron chi connectivity index (χ2n) is 5.06. The van der Waals surface area contributed by atoms with Crippen LogP contribution in [-0.2, 0) is 14.3 Å². The number of aliphatic hydroxyl groups excluding tert-OH is 1. The van der Waals surface area contributed by atoms with Gasteiger partial charge in [-0.15, -0.1) is 0 Å². The second-order valence-corrected chi connectivity index (χ2v) is 5.06. The van der Waals surface area contributed by atoms with Crippen molar-refractivity contribution >= 4 is 11.9 Å². The summed E-state index contributed by atoms with van der Waals surface area (Å²) in [5.41, 5.74) is 0.383. The average molecular weight is 308 g/mol. The minimum atomic E-state index is -0.879.